The average Bonchev–Trinajstić information content (AvgIpc) is 2.81. The number of amides is 2. The third-order valence-electron chi connectivity index (χ3n) is 5.51. The number of carboxylic acids is 1. The van der Waals surface area contributed by atoms with Crippen molar-refractivity contribution in [2.75, 3.05) is 12.4 Å². The van der Waals surface area contributed by atoms with Gasteiger partial charge in [-0.15, -0.1) is 0 Å². The van der Waals surface area contributed by atoms with Crippen LogP contribution in [0.25, 0.3) is 0 Å². The van der Waals surface area contributed by atoms with Crippen LogP contribution in [-0.4, -0.2) is 67.8 Å². The summed E-state index contributed by atoms with van der Waals surface area (Å²) in [7, 11) is -1.76. The molecule has 1 aromatic carbocycles. The number of esters is 1. The van der Waals surface area contributed by atoms with Gasteiger partial charge in [-0.2, -0.15) is 0 Å². The largest absolute Gasteiger partial charge is 0.479 e. The Balaban J connectivity index is 1.80. The molecular formula is C22H23Cl3N2O8S. The molecule has 3 rings (SSSR count). The Bertz CT molecular complexity index is 1160. The third-order valence-corrected chi connectivity index (χ3v) is 8.18. The SMILES string of the molecule is CCCCC(Oc1cc(Cl)c(Cl)cc1Cl)C(=O)N[C@@H]1C(=O)N2C(C(=O)O)=C(COC(C)=O)CS(=O)[C@H]12. The number of rotatable bonds is 10. The van der Waals surface area contributed by atoms with Crippen molar-refractivity contribution in [2.24, 2.45) is 0 Å². The highest BCUT2D eigenvalue weighted by Gasteiger charge is 2.57. The molecule has 0 aliphatic carbocycles. The summed E-state index contributed by atoms with van der Waals surface area (Å²) >= 11 is 18.2. The standard InChI is InChI=1S/C22H23Cl3N2O8S/c1-3-4-5-15(35-16-7-13(24)12(23)6-14(16)25)19(29)26-17-20(30)27-18(22(31)32)11(8-34-10(2)28)9-36(33)21(17)27/h6-7,15,17,21H,3-5,8-9H2,1-2H3,(H,26,29)(H,31,32)/t15?,17-,21-,36?/m1/s1. The minimum absolute atomic E-state index is 0.0452. The topological polar surface area (TPSA) is 139 Å². The molecule has 2 N–H and O–H groups in total. The van der Waals surface area contributed by atoms with Crippen LogP contribution in [-0.2, 0) is 34.7 Å². The van der Waals surface area contributed by atoms with E-state index in [0.29, 0.717) is 6.42 Å². The molecule has 1 fully saturated rings. The maximum atomic E-state index is 13.1. The molecule has 1 aromatic rings. The number of carboxylic acid groups (broad SMARTS) is 1. The number of nitrogens with one attached hydrogen (secondary N) is 1. The van der Waals surface area contributed by atoms with E-state index >= 15 is 0 Å². The minimum atomic E-state index is -1.76. The summed E-state index contributed by atoms with van der Waals surface area (Å²) in [6, 6.07) is 1.53. The van der Waals surface area contributed by atoms with Crippen LogP contribution in [0.1, 0.15) is 33.1 Å². The zero-order chi connectivity index (χ0) is 26.7. The second-order valence-corrected chi connectivity index (χ2v) is 10.8. The van der Waals surface area contributed by atoms with E-state index in [-0.39, 0.29) is 38.6 Å². The maximum Gasteiger partial charge on any atom is 0.352 e. The first kappa shape index (κ1) is 28.2. The molecule has 10 nitrogen and oxygen atoms in total. The quantitative estimate of drug-likeness (QED) is 0.244. The fourth-order valence-corrected chi connectivity index (χ4v) is 6.03. The van der Waals surface area contributed by atoms with Gasteiger partial charge in [-0.3, -0.25) is 23.5 Å². The van der Waals surface area contributed by atoms with Crippen LogP contribution >= 0.6 is 34.8 Å². The summed E-state index contributed by atoms with van der Waals surface area (Å²) < 4.78 is 23.5. The predicted octanol–water partition coefficient (Wildman–Crippen LogP) is 2.90. The lowest BCUT2D eigenvalue weighted by Crippen LogP contribution is -2.74. The van der Waals surface area contributed by atoms with Crippen molar-refractivity contribution in [3.05, 3.63) is 38.5 Å². The van der Waals surface area contributed by atoms with Gasteiger partial charge in [0, 0.05) is 18.6 Å². The Morgan fingerprint density at radius 3 is 2.50 bits per heavy atom. The number of carbonyl (C=O) groups excluding carboxylic acids is 3. The number of hydrogen-bond donors (Lipinski definition) is 2. The zero-order valence-corrected chi connectivity index (χ0v) is 22.3. The van der Waals surface area contributed by atoms with E-state index in [2.05, 4.69) is 5.32 Å². The molecule has 14 heteroatoms. The van der Waals surface area contributed by atoms with Gasteiger partial charge in [0.2, 0.25) is 0 Å². The molecule has 0 radical (unpaired) electrons. The molecule has 196 valence electrons. The van der Waals surface area contributed by atoms with E-state index < -0.39 is 64.4 Å². The Morgan fingerprint density at radius 1 is 1.22 bits per heavy atom. The maximum absolute atomic E-state index is 13.1. The monoisotopic (exact) mass is 580 g/mol. The van der Waals surface area contributed by atoms with Crippen LogP contribution < -0.4 is 10.1 Å². The Kier molecular flexibility index (Phi) is 9.26. The number of β-lactam (4-membered cyclic amide) rings is 1. The van der Waals surface area contributed by atoms with Crippen LogP contribution in [0.4, 0.5) is 0 Å². The lowest BCUT2D eigenvalue weighted by molar-refractivity contribution is -0.152. The fraction of sp³-hybridized carbons (Fsp3) is 0.455. The van der Waals surface area contributed by atoms with Crippen LogP contribution in [0, 0.1) is 0 Å². The van der Waals surface area contributed by atoms with Crippen molar-refractivity contribution in [3.63, 3.8) is 0 Å². The van der Waals surface area contributed by atoms with Crippen LogP contribution in [0.15, 0.2) is 23.4 Å². The summed E-state index contributed by atoms with van der Waals surface area (Å²) in [4.78, 5) is 49.9. The molecule has 2 aliphatic heterocycles. The lowest BCUT2D eigenvalue weighted by Gasteiger charge is -2.49. The first-order valence-electron chi connectivity index (χ1n) is 10.9. The van der Waals surface area contributed by atoms with Crippen molar-refractivity contribution in [3.8, 4) is 5.75 Å². The third kappa shape index (κ3) is 5.96. The molecule has 2 unspecified atom stereocenters. The highest BCUT2D eigenvalue weighted by molar-refractivity contribution is 7.86. The van der Waals surface area contributed by atoms with Gasteiger partial charge in [0.1, 0.15) is 29.5 Å². The number of unbranched alkanes of at least 4 members (excludes halogenated alkanes) is 1. The zero-order valence-electron chi connectivity index (χ0n) is 19.2. The van der Waals surface area contributed by atoms with E-state index in [1.165, 1.54) is 12.1 Å². The summed E-state index contributed by atoms with van der Waals surface area (Å²) in [6.45, 7) is 2.66. The van der Waals surface area contributed by atoms with E-state index in [4.69, 9.17) is 44.3 Å². The molecule has 0 spiro atoms. The smallest absolute Gasteiger partial charge is 0.352 e. The van der Waals surface area contributed by atoms with Gasteiger partial charge < -0.3 is 19.9 Å². The normalized spacial score (nSPS) is 21.9. The van der Waals surface area contributed by atoms with Gasteiger partial charge in [-0.25, -0.2) is 4.79 Å². The van der Waals surface area contributed by atoms with Gasteiger partial charge in [-0.05, 0) is 18.9 Å². The predicted molar refractivity (Wildman–Crippen MR) is 132 cm³/mol. The highest BCUT2D eigenvalue weighted by Crippen LogP contribution is 2.36. The minimum Gasteiger partial charge on any atom is -0.479 e. The Hall–Kier alpha value is -2.34. The van der Waals surface area contributed by atoms with Gasteiger partial charge in [0.15, 0.2) is 6.10 Å². The number of nitrogens with zero attached hydrogens (tertiary/aromatic N) is 1. The number of carbonyl (C=O) groups is 4. The summed E-state index contributed by atoms with van der Waals surface area (Å²) in [5, 5.41) is 11.6. The fourth-order valence-electron chi connectivity index (χ4n) is 3.78. The van der Waals surface area contributed by atoms with Crippen LogP contribution in [0.2, 0.25) is 15.1 Å². The summed E-state index contributed by atoms with van der Waals surface area (Å²) in [5.41, 5.74) is -0.360. The first-order chi connectivity index (χ1) is 17.0. The van der Waals surface area contributed by atoms with E-state index in [9.17, 15) is 28.5 Å². The molecule has 1 saturated heterocycles. The van der Waals surface area contributed by atoms with Crippen LogP contribution in [0.5, 0.6) is 5.75 Å². The van der Waals surface area contributed by atoms with Gasteiger partial charge in [0.25, 0.3) is 11.8 Å². The number of fused-ring (bicyclic) bond motifs is 1. The second kappa shape index (κ2) is 11.8. The first-order valence-corrected chi connectivity index (χ1v) is 13.4. The van der Waals surface area contributed by atoms with Crippen molar-refractivity contribution < 1.29 is 38.0 Å². The number of halogens is 3. The summed E-state index contributed by atoms with van der Waals surface area (Å²) in [6.07, 6.45) is 0.586. The molecule has 2 aliphatic rings. The van der Waals surface area contributed by atoms with E-state index in [1.54, 1.807) is 0 Å². The van der Waals surface area contributed by atoms with Gasteiger partial charge in [0.05, 0.1) is 31.6 Å². The molecule has 2 heterocycles. The lowest BCUT2D eigenvalue weighted by atomic mass is 10.0. The molecule has 0 bridgehead atoms. The molecular weight excluding hydrogens is 559 g/mol. The van der Waals surface area contributed by atoms with Gasteiger partial charge in [-0.1, -0.05) is 48.1 Å². The molecule has 0 saturated carbocycles. The van der Waals surface area contributed by atoms with E-state index in [1.807, 2.05) is 6.92 Å². The molecule has 2 amide bonds. The Labute approximate surface area is 224 Å². The number of hydrogen-bond acceptors (Lipinski definition) is 7. The molecule has 36 heavy (non-hydrogen) atoms. The van der Waals surface area contributed by atoms with E-state index in [0.717, 1.165) is 18.2 Å². The number of ether oxygens (including phenoxy) is 2. The van der Waals surface area contributed by atoms with Crippen molar-refractivity contribution in [1.82, 2.24) is 10.2 Å². The van der Waals surface area contributed by atoms with Gasteiger partial charge >= 0.3 is 11.9 Å². The second-order valence-electron chi connectivity index (χ2n) is 8.09. The number of benzene rings is 1. The van der Waals surface area contributed by atoms with Crippen molar-refractivity contribution in [2.45, 2.75) is 50.6 Å². The number of aliphatic carboxylic acids is 1. The van der Waals surface area contributed by atoms with Crippen molar-refractivity contribution >= 4 is 69.4 Å². The average molecular weight is 582 g/mol. The van der Waals surface area contributed by atoms with Crippen molar-refractivity contribution in [1.29, 1.82) is 0 Å². The highest BCUT2D eigenvalue weighted by atomic mass is 35.5. The summed E-state index contributed by atoms with van der Waals surface area (Å²) in [5.74, 6) is -3.61. The van der Waals surface area contributed by atoms with Crippen LogP contribution in [0.3, 0.4) is 0 Å². The Morgan fingerprint density at radius 2 is 1.89 bits per heavy atom. The molecule has 4 atom stereocenters. The molecule has 0 aromatic heterocycles.